The Bertz CT molecular complexity index is 942. The molecule has 31 heavy (non-hydrogen) atoms. The molecule has 0 spiro atoms. The Balaban J connectivity index is 1.99. The molecule has 2 rings (SSSR count). The van der Waals surface area contributed by atoms with Gasteiger partial charge in [-0.05, 0) is 44.9 Å². The first-order valence-electron chi connectivity index (χ1n) is 10.1. The molecule has 0 saturated carbocycles. The lowest BCUT2D eigenvalue weighted by Gasteiger charge is -2.19. The highest BCUT2D eigenvalue weighted by Gasteiger charge is 2.21. The second-order valence-electron chi connectivity index (χ2n) is 8.15. The Morgan fingerprint density at radius 1 is 1.16 bits per heavy atom. The summed E-state index contributed by atoms with van der Waals surface area (Å²) in [7, 11) is 1.62. The molecule has 0 fully saturated rings. The van der Waals surface area contributed by atoms with Crippen LogP contribution in [-0.4, -0.2) is 39.8 Å². The van der Waals surface area contributed by atoms with E-state index in [0.717, 1.165) is 12.0 Å². The highest BCUT2D eigenvalue weighted by atomic mass is 16.6. The lowest BCUT2D eigenvalue weighted by molar-refractivity contribution is -0.157. The number of aryl methyl sites for hydroxylation is 2. The van der Waals surface area contributed by atoms with Crippen LogP contribution >= 0.6 is 0 Å². The van der Waals surface area contributed by atoms with Gasteiger partial charge in [0.2, 0.25) is 5.91 Å². The number of rotatable bonds is 9. The van der Waals surface area contributed by atoms with Crippen LogP contribution in [0.4, 0.5) is 5.69 Å². The highest BCUT2D eigenvalue weighted by Crippen LogP contribution is 2.22. The fourth-order valence-corrected chi connectivity index (χ4v) is 2.99. The van der Waals surface area contributed by atoms with Gasteiger partial charge in [-0.1, -0.05) is 25.5 Å². The average molecular weight is 431 g/mol. The summed E-state index contributed by atoms with van der Waals surface area (Å²) in [5, 5.41) is 7.07. The van der Waals surface area contributed by atoms with Crippen molar-refractivity contribution in [2.75, 3.05) is 11.9 Å². The number of carbonyl (C=O) groups excluding carboxylic acids is 3. The number of nitrogens with one attached hydrogen (secondary N) is 1. The number of amides is 2. The summed E-state index contributed by atoms with van der Waals surface area (Å²) in [6.07, 6.45) is 1.51. The van der Waals surface area contributed by atoms with Gasteiger partial charge in [0.15, 0.2) is 6.61 Å². The number of anilines is 1. The lowest BCUT2D eigenvalue weighted by Crippen LogP contribution is -2.27. The number of carbonyl (C=O) groups is 3. The third-order valence-corrected chi connectivity index (χ3v) is 4.17. The number of aromatic nitrogens is 2. The van der Waals surface area contributed by atoms with Crippen molar-refractivity contribution in [3.05, 3.63) is 41.2 Å². The number of nitrogens with zero attached hydrogens (tertiary/aromatic N) is 2. The van der Waals surface area contributed by atoms with Crippen LogP contribution < -0.4 is 15.8 Å². The van der Waals surface area contributed by atoms with Crippen molar-refractivity contribution in [1.29, 1.82) is 0 Å². The van der Waals surface area contributed by atoms with E-state index in [1.54, 1.807) is 52.1 Å². The molecule has 0 aliphatic heterocycles. The molecule has 0 saturated heterocycles. The highest BCUT2D eigenvalue weighted by molar-refractivity contribution is 6.03. The number of nitrogens with two attached hydrogens (primary N) is 1. The molecule has 2 amide bonds. The zero-order valence-electron chi connectivity index (χ0n) is 18.7. The van der Waals surface area contributed by atoms with Crippen LogP contribution in [0.5, 0.6) is 5.75 Å². The van der Waals surface area contributed by atoms with Gasteiger partial charge in [-0.25, -0.2) is 4.79 Å². The summed E-state index contributed by atoms with van der Waals surface area (Å²) >= 11 is 0. The third kappa shape index (κ3) is 7.13. The monoisotopic (exact) mass is 430 g/mol. The van der Waals surface area contributed by atoms with E-state index < -0.39 is 17.5 Å². The third-order valence-electron chi connectivity index (χ3n) is 4.17. The number of esters is 1. The standard InChI is InChI=1S/C22H30N4O5/c1-6-7-16-19(20(21(23)29)26(5)25-16)24-17(27)12-14-8-10-15(11-9-14)30-13-18(28)31-22(2,3)4/h8-11H,6-7,12-13H2,1-5H3,(H2,23,29)(H,24,27). The van der Waals surface area contributed by atoms with Gasteiger partial charge in [0, 0.05) is 7.05 Å². The molecule has 1 aromatic heterocycles. The van der Waals surface area contributed by atoms with Crippen LogP contribution in [-0.2, 0) is 34.2 Å². The molecule has 0 aliphatic rings. The summed E-state index contributed by atoms with van der Waals surface area (Å²) in [5.74, 6) is -0.918. The van der Waals surface area contributed by atoms with Crippen molar-refractivity contribution < 1.29 is 23.9 Å². The minimum absolute atomic E-state index is 0.0883. The van der Waals surface area contributed by atoms with Crippen molar-refractivity contribution in [1.82, 2.24) is 9.78 Å². The van der Waals surface area contributed by atoms with Gasteiger partial charge in [0.25, 0.3) is 5.91 Å². The maximum Gasteiger partial charge on any atom is 0.344 e. The van der Waals surface area contributed by atoms with Gasteiger partial charge in [0.05, 0.1) is 17.8 Å². The molecule has 1 aromatic carbocycles. The van der Waals surface area contributed by atoms with Crippen molar-refractivity contribution in [3.63, 3.8) is 0 Å². The van der Waals surface area contributed by atoms with Crippen LogP contribution in [0.2, 0.25) is 0 Å². The predicted molar refractivity (Wildman–Crippen MR) is 116 cm³/mol. The lowest BCUT2D eigenvalue weighted by atomic mass is 10.1. The number of benzene rings is 1. The molecular formula is C22H30N4O5. The summed E-state index contributed by atoms with van der Waals surface area (Å²) in [6, 6.07) is 6.81. The molecular weight excluding hydrogens is 400 g/mol. The fraction of sp³-hybridized carbons (Fsp3) is 0.455. The molecule has 0 radical (unpaired) electrons. The van der Waals surface area contributed by atoms with Gasteiger partial charge >= 0.3 is 5.97 Å². The fourth-order valence-electron chi connectivity index (χ4n) is 2.99. The van der Waals surface area contributed by atoms with Gasteiger partial charge in [-0.15, -0.1) is 0 Å². The zero-order chi connectivity index (χ0) is 23.2. The summed E-state index contributed by atoms with van der Waals surface area (Å²) in [5.41, 5.74) is 6.78. The van der Waals surface area contributed by atoms with E-state index in [4.69, 9.17) is 15.2 Å². The Morgan fingerprint density at radius 3 is 2.35 bits per heavy atom. The van der Waals surface area contributed by atoms with Gasteiger partial charge in [-0.3, -0.25) is 14.3 Å². The first kappa shape index (κ1) is 23.9. The smallest absolute Gasteiger partial charge is 0.344 e. The quantitative estimate of drug-likeness (QED) is 0.588. The van der Waals surface area contributed by atoms with Crippen molar-refractivity contribution >= 4 is 23.5 Å². The first-order valence-corrected chi connectivity index (χ1v) is 10.1. The van der Waals surface area contributed by atoms with Crippen LogP contribution in [0.25, 0.3) is 0 Å². The van der Waals surface area contributed by atoms with Crippen molar-refractivity contribution in [3.8, 4) is 5.75 Å². The maximum atomic E-state index is 12.6. The number of hydrogen-bond acceptors (Lipinski definition) is 6. The number of ether oxygens (including phenoxy) is 2. The van der Waals surface area contributed by atoms with Gasteiger partial charge < -0.3 is 20.5 Å². The molecule has 9 nitrogen and oxygen atoms in total. The molecule has 3 N–H and O–H groups in total. The molecule has 0 atom stereocenters. The number of primary amides is 1. The van der Waals surface area contributed by atoms with Crippen LogP contribution in [0, 0.1) is 0 Å². The largest absolute Gasteiger partial charge is 0.482 e. The summed E-state index contributed by atoms with van der Waals surface area (Å²) in [4.78, 5) is 36.1. The van der Waals surface area contributed by atoms with E-state index >= 15 is 0 Å². The van der Waals surface area contributed by atoms with Crippen LogP contribution in [0.15, 0.2) is 24.3 Å². The second kappa shape index (κ2) is 10.1. The second-order valence-corrected chi connectivity index (χ2v) is 8.15. The first-order chi connectivity index (χ1) is 14.5. The number of hydrogen-bond donors (Lipinski definition) is 2. The van der Waals surface area contributed by atoms with Gasteiger partial charge in [0.1, 0.15) is 17.0 Å². The van der Waals surface area contributed by atoms with Crippen LogP contribution in [0.1, 0.15) is 55.9 Å². The van der Waals surface area contributed by atoms with Crippen molar-refractivity contribution in [2.45, 2.75) is 52.6 Å². The molecule has 1 heterocycles. The summed E-state index contributed by atoms with van der Waals surface area (Å²) < 4.78 is 12.0. The van der Waals surface area contributed by atoms with E-state index in [9.17, 15) is 14.4 Å². The predicted octanol–water partition coefficient (Wildman–Crippen LogP) is 2.37. The Morgan fingerprint density at radius 2 is 1.81 bits per heavy atom. The van der Waals surface area contributed by atoms with E-state index in [1.165, 1.54) is 4.68 Å². The maximum absolute atomic E-state index is 12.6. The molecule has 9 heteroatoms. The van der Waals surface area contributed by atoms with E-state index in [2.05, 4.69) is 10.4 Å². The normalized spacial score (nSPS) is 11.1. The Hall–Kier alpha value is -3.36. The Kier molecular flexibility index (Phi) is 7.79. The van der Waals surface area contributed by atoms with E-state index in [-0.39, 0.29) is 24.6 Å². The molecule has 0 unspecified atom stereocenters. The Labute approximate surface area is 181 Å². The molecule has 168 valence electrons. The van der Waals surface area contributed by atoms with E-state index in [0.29, 0.717) is 23.6 Å². The topological polar surface area (TPSA) is 126 Å². The zero-order valence-corrected chi connectivity index (χ0v) is 18.7. The molecule has 0 bridgehead atoms. The molecule has 2 aromatic rings. The van der Waals surface area contributed by atoms with Gasteiger partial charge in [-0.2, -0.15) is 5.10 Å². The minimum Gasteiger partial charge on any atom is -0.482 e. The average Bonchev–Trinajstić information content (AvgIpc) is 2.95. The minimum atomic E-state index is -0.654. The molecule has 0 aliphatic carbocycles. The van der Waals surface area contributed by atoms with E-state index in [1.807, 2.05) is 6.92 Å². The SMILES string of the molecule is CCCc1nn(C)c(C(N)=O)c1NC(=O)Cc1ccc(OCC(=O)OC(C)(C)C)cc1. The summed E-state index contributed by atoms with van der Waals surface area (Å²) in [6.45, 7) is 7.14. The van der Waals surface area contributed by atoms with Crippen LogP contribution in [0.3, 0.4) is 0 Å². The van der Waals surface area contributed by atoms with Crippen molar-refractivity contribution in [2.24, 2.45) is 12.8 Å².